The minimum absolute atomic E-state index is 0.00201. The summed E-state index contributed by atoms with van der Waals surface area (Å²) in [6, 6.07) is 7.90. The molecule has 1 amide bonds. The largest absolute Gasteiger partial charge is 0.336 e. The standard InChI is InChI=1S/C24H26N4O2S3/c1-4-12-28-23(30)20-15-8-7-11-17(15)32-22(20)26-24(28)31-13-19(29)27(3)14(2)21-25-16-9-5-6-10-18(16)33-21/h5-6,9-10,14H,4,7-8,11-13H2,1-3H3. The number of benzene rings is 1. The van der Waals surface area contributed by atoms with Crippen LogP contribution in [0.15, 0.2) is 34.2 Å². The van der Waals surface area contributed by atoms with E-state index in [0.717, 1.165) is 51.1 Å². The SMILES string of the molecule is CCCn1c(SCC(=O)N(C)C(C)c2nc3ccccc3s2)nc2sc3c(c2c1=O)CCC3. The van der Waals surface area contributed by atoms with Crippen molar-refractivity contribution in [2.24, 2.45) is 0 Å². The van der Waals surface area contributed by atoms with Crippen LogP contribution < -0.4 is 5.56 Å². The van der Waals surface area contributed by atoms with Crippen LogP contribution in [0.25, 0.3) is 20.4 Å². The van der Waals surface area contributed by atoms with Crippen molar-refractivity contribution in [2.75, 3.05) is 12.8 Å². The molecule has 0 fully saturated rings. The van der Waals surface area contributed by atoms with E-state index < -0.39 is 0 Å². The van der Waals surface area contributed by atoms with Crippen LogP contribution in [-0.2, 0) is 24.2 Å². The molecule has 0 radical (unpaired) electrons. The molecule has 3 heterocycles. The molecular weight excluding hydrogens is 472 g/mol. The van der Waals surface area contributed by atoms with E-state index in [2.05, 4.69) is 13.0 Å². The van der Waals surface area contributed by atoms with Gasteiger partial charge in [-0.2, -0.15) is 0 Å². The minimum atomic E-state index is -0.121. The van der Waals surface area contributed by atoms with Gasteiger partial charge in [-0.1, -0.05) is 30.8 Å². The summed E-state index contributed by atoms with van der Waals surface area (Å²) >= 11 is 4.63. The van der Waals surface area contributed by atoms with Crippen molar-refractivity contribution in [3.63, 3.8) is 0 Å². The molecule has 33 heavy (non-hydrogen) atoms. The summed E-state index contributed by atoms with van der Waals surface area (Å²) in [5.41, 5.74) is 2.21. The van der Waals surface area contributed by atoms with Crippen LogP contribution in [-0.4, -0.2) is 38.1 Å². The van der Waals surface area contributed by atoms with Crippen LogP contribution in [0.1, 0.15) is 48.2 Å². The van der Waals surface area contributed by atoms with Gasteiger partial charge in [0, 0.05) is 18.5 Å². The first-order chi connectivity index (χ1) is 16.0. The Hall–Kier alpha value is -2.23. The topological polar surface area (TPSA) is 68.1 Å². The number of thiophene rings is 1. The smallest absolute Gasteiger partial charge is 0.263 e. The summed E-state index contributed by atoms with van der Waals surface area (Å²) in [5, 5.41) is 2.37. The number of aryl methyl sites for hydroxylation is 2. The van der Waals surface area contributed by atoms with Gasteiger partial charge in [-0.05, 0) is 50.3 Å². The number of carbonyl (C=O) groups is 1. The maximum Gasteiger partial charge on any atom is 0.263 e. The number of hydrogen-bond donors (Lipinski definition) is 0. The van der Waals surface area contributed by atoms with Crippen molar-refractivity contribution in [2.45, 2.75) is 57.3 Å². The summed E-state index contributed by atoms with van der Waals surface area (Å²) < 4.78 is 2.89. The summed E-state index contributed by atoms with van der Waals surface area (Å²) in [4.78, 5) is 39.8. The first-order valence-electron chi connectivity index (χ1n) is 11.3. The van der Waals surface area contributed by atoms with Crippen molar-refractivity contribution < 1.29 is 4.79 Å². The molecule has 0 saturated heterocycles. The Morgan fingerprint density at radius 1 is 1.24 bits per heavy atom. The molecule has 1 aliphatic carbocycles. The van der Waals surface area contributed by atoms with Crippen molar-refractivity contribution in [3.05, 3.63) is 50.1 Å². The lowest BCUT2D eigenvalue weighted by Crippen LogP contribution is -2.31. The highest BCUT2D eigenvalue weighted by Gasteiger charge is 2.25. The van der Waals surface area contributed by atoms with E-state index in [9.17, 15) is 9.59 Å². The second-order valence-electron chi connectivity index (χ2n) is 8.38. The molecule has 1 aromatic carbocycles. The molecule has 0 aliphatic heterocycles. The fraction of sp³-hybridized carbons (Fsp3) is 0.417. The van der Waals surface area contributed by atoms with Crippen LogP contribution >= 0.6 is 34.4 Å². The Kier molecular flexibility index (Phi) is 6.28. The zero-order valence-corrected chi connectivity index (χ0v) is 21.4. The van der Waals surface area contributed by atoms with E-state index in [-0.39, 0.29) is 23.3 Å². The van der Waals surface area contributed by atoms with E-state index >= 15 is 0 Å². The van der Waals surface area contributed by atoms with Gasteiger partial charge in [-0.3, -0.25) is 14.2 Å². The Morgan fingerprint density at radius 3 is 2.85 bits per heavy atom. The Morgan fingerprint density at radius 2 is 2.06 bits per heavy atom. The molecular formula is C24H26N4O2S3. The number of hydrogen-bond acceptors (Lipinski definition) is 7. The fourth-order valence-corrected chi connectivity index (χ4v) is 7.58. The molecule has 1 atom stereocenters. The molecule has 1 unspecified atom stereocenters. The summed E-state index contributed by atoms with van der Waals surface area (Å²) in [5.74, 6) is 0.233. The molecule has 0 saturated carbocycles. The van der Waals surface area contributed by atoms with Gasteiger partial charge in [-0.15, -0.1) is 22.7 Å². The lowest BCUT2D eigenvalue weighted by molar-refractivity contribution is -0.128. The van der Waals surface area contributed by atoms with Gasteiger partial charge in [-0.25, -0.2) is 9.97 Å². The third-order valence-corrected chi connectivity index (χ3v) is 9.56. The average molecular weight is 499 g/mol. The van der Waals surface area contributed by atoms with Crippen LogP contribution in [0.5, 0.6) is 0 Å². The second-order valence-corrected chi connectivity index (χ2v) is 11.5. The predicted octanol–water partition coefficient (Wildman–Crippen LogP) is 5.28. The minimum Gasteiger partial charge on any atom is -0.336 e. The van der Waals surface area contributed by atoms with Crippen LogP contribution in [0.4, 0.5) is 0 Å². The van der Waals surface area contributed by atoms with Gasteiger partial charge in [0.05, 0.1) is 27.4 Å². The average Bonchev–Trinajstić information content (AvgIpc) is 3.52. The zero-order chi connectivity index (χ0) is 23.1. The van der Waals surface area contributed by atoms with E-state index in [4.69, 9.17) is 9.97 Å². The monoisotopic (exact) mass is 498 g/mol. The number of amides is 1. The van der Waals surface area contributed by atoms with Gasteiger partial charge >= 0.3 is 0 Å². The summed E-state index contributed by atoms with van der Waals surface area (Å²) in [6.07, 6.45) is 3.97. The number of fused-ring (bicyclic) bond motifs is 4. The maximum absolute atomic E-state index is 13.3. The molecule has 9 heteroatoms. The highest BCUT2D eigenvalue weighted by molar-refractivity contribution is 7.99. The van der Waals surface area contributed by atoms with Gasteiger partial charge in [0.2, 0.25) is 5.91 Å². The van der Waals surface area contributed by atoms with Gasteiger partial charge in [0.1, 0.15) is 9.84 Å². The number of rotatable bonds is 7. The van der Waals surface area contributed by atoms with Crippen LogP contribution in [0, 0.1) is 0 Å². The lowest BCUT2D eigenvalue weighted by atomic mass is 10.2. The van der Waals surface area contributed by atoms with Crippen LogP contribution in [0.3, 0.4) is 0 Å². The molecule has 3 aromatic heterocycles. The molecule has 4 aromatic rings. The second kappa shape index (κ2) is 9.19. The number of para-hydroxylation sites is 1. The van der Waals surface area contributed by atoms with E-state index in [1.807, 2.05) is 32.2 Å². The molecule has 6 nitrogen and oxygen atoms in total. The summed E-state index contributed by atoms with van der Waals surface area (Å²) in [7, 11) is 1.82. The van der Waals surface area contributed by atoms with E-state index in [1.165, 1.54) is 22.2 Å². The number of nitrogens with zero attached hydrogens (tertiary/aromatic N) is 4. The van der Waals surface area contributed by atoms with Gasteiger partial charge in [0.25, 0.3) is 5.56 Å². The number of thioether (sulfide) groups is 1. The summed E-state index contributed by atoms with van der Waals surface area (Å²) in [6.45, 7) is 4.67. The molecule has 1 aliphatic rings. The van der Waals surface area contributed by atoms with E-state index in [0.29, 0.717) is 11.7 Å². The predicted molar refractivity (Wildman–Crippen MR) is 138 cm³/mol. The third kappa shape index (κ3) is 4.11. The van der Waals surface area contributed by atoms with Crippen LogP contribution in [0.2, 0.25) is 0 Å². The highest BCUT2D eigenvalue weighted by atomic mass is 32.2. The lowest BCUT2D eigenvalue weighted by Gasteiger charge is -2.23. The van der Waals surface area contributed by atoms with Crippen molar-refractivity contribution in [3.8, 4) is 0 Å². The zero-order valence-electron chi connectivity index (χ0n) is 19.0. The molecule has 0 bridgehead atoms. The fourth-order valence-electron chi connectivity index (χ4n) is 4.27. The molecule has 172 valence electrons. The van der Waals surface area contributed by atoms with Gasteiger partial charge in [0.15, 0.2) is 5.16 Å². The Balaban J connectivity index is 1.36. The first-order valence-corrected chi connectivity index (χ1v) is 13.9. The first kappa shape index (κ1) is 22.6. The number of carbonyl (C=O) groups excluding carboxylic acids is 1. The molecule has 5 rings (SSSR count). The highest BCUT2D eigenvalue weighted by Crippen LogP contribution is 2.36. The van der Waals surface area contributed by atoms with Crippen molar-refractivity contribution in [1.29, 1.82) is 0 Å². The Labute approximate surface area is 204 Å². The van der Waals surface area contributed by atoms with Crippen molar-refractivity contribution in [1.82, 2.24) is 19.4 Å². The molecule has 0 N–H and O–H groups in total. The number of aromatic nitrogens is 3. The maximum atomic E-state index is 13.3. The van der Waals surface area contributed by atoms with Gasteiger partial charge < -0.3 is 4.90 Å². The van der Waals surface area contributed by atoms with E-state index in [1.54, 1.807) is 32.1 Å². The Bertz CT molecular complexity index is 1370. The quantitative estimate of drug-likeness (QED) is 0.256. The normalized spacial score (nSPS) is 14.2. The number of thiazole rings is 1. The third-order valence-electron chi connectivity index (χ3n) is 6.20. The molecule has 0 spiro atoms. The van der Waals surface area contributed by atoms with Crippen molar-refractivity contribution >= 4 is 60.8 Å².